The molecule has 0 fully saturated rings. The van der Waals surface area contributed by atoms with Crippen LogP contribution in [0.2, 0.25) is 0 Å². The molecule has 254 valence electrons. The van der Waals surface area contributed by atoms with Gasteiger partial charge in [0.25, 0.3) is 0 Å². The molecule has 2 heteroatoms. The lowest BCUT2D eigenvalue weighted by Crippen LogP contribution is -2.40. The van der Waals surface area contributed by atoms with Gasteiger partial charge in [-0.1, -0.05) is 148 Å². The van der Waals surface area contributed by atoms with Crippen LogP contribution in [0.4, 0.5) is 5.69 Å². The molecule has 0 saturated heterocycles. The van der Waals surface area contributed by atoms with Gasteiger partial charge in [0.05, 0.1) is 17.3 Å². The molecule has 0 saturated carbocycles. The molecule has 0 N–H and O–H groups in total. The van der Waals surface area contributed by atoms with Crippen LogP contribution in [0.15, 0.2) is 170 Å². The number of anilines is 1. The molecular weight excluding hydrogens is 629 g/mol. The number of allylic oxidation sites excluding steroid dienone is 5. The summed E-state index contributed by atoms with van der Waals surface area (Å²) in [7, 11) is 0. The van der Waals surface area contributed by atoms with Crippen molar-refractivity contribution < 1.29 is 0 Å². The Balaban J connectivity index is 1.26. The second-order valence-electron chi connectivity index (χ2n) is 14.7. The van der Waals surface area contributed by atoms with Crippen molar-refractivity contribution in [3.05, 3.63) is 193 Å². The third-order valence-corrected chi connectivity index (χ3v) is 11.2. The molecule has 2 nitrogen and oxygen atoms in total. The molecule has 3 unspecified atom stereocenters. The fourth-order valence-corrected chi connectivity index (χ4v) is 8.64. The van der Waals surface area contributed by atoms with Crippen molar-refractivity contribution in [2.24, 2.45) is 11.8 Å². The summed E-state index contributed by atoms with van der Waals surface area (Å²) in [4.78, 5) is 2.60. The van der Waals surface area contributed by atoms with Gasteiger partial charge in [0.15, 0.2) is 0 Å². The third-order valence-electron chi connectivity index (χ3n) is 11.2. The molecule has 6 aromatic rings. The fourth-order valence-electron chi connectivity index (χ4n) is 8.64. The summed E-state index contributed by atoms with van der Waals surface area (Å²) in [5, 5.41) is 1.33. The monoisotopic (exact) mass is 672 g/mol. The normalized spacial score (nSPS) is 20.2. The van der Waals surface area contributed by atoms with Crippen LogP contribution >= 0.6 is 0 Å². The van der Waals surface area contributed by atoms with Crippen LogP contribution in [0.3, 0.4) is 0 Å². The topological polar surface area (TPSA) is 8.17 Å². The highest BCUT2D eigenvalue weighted by Crippen LogP contribution is 2.44. The van der Waals surface area contributed by atoms with E-state index in [1.54, 1.807) is 0 Å². The molecule has 0 bridgehead atoms. The maximum absolute atomic E-state index is 4.61. The Morgan fingerprint density at radius 2 is 1.37 bits per heavy atom. The Bertz CT molecular complexity index is 2380. The van der Waals surface area contributed by atoms with Gasteiger partial charge in [0, 0.05) is 34.4 Å². The molecule has 9 rings (SSSR count). The molecule has 3 aliphatic rings. The van der Waals surface area contributed by atoms with Crippen molar-refractivity contribution >= 4 is 27.7 Å². The largest absolute Gasteiger partial charge is 0.364 e. The highest BCUT2D eigenvalue weighted by atomic mass is 15.2. The molecule has 2 heterocycles. The van der Waals surface area contributed by atoms with E-state index in [2.05, 4.69) is 194 Å². The number of benzene rings is 5. The molecule has 2 aliphatic carbocycles. The molecule has 52 heavy (non-hydrogen) atoms. The van der Waals surface area contributed by atoms with E-state index < -0.39 is 0 Å². The number of nitrogens with zero attached hydrogens (tertiary/aromatic N) is 2. The van der Waals surface area contributed by atoms with E-state index in [1.165, 1.54) is 72.5 Å². The van der Waals surface area contributed by atoms with Crippen LogP contribution in [0, 0.1) is 11.8 Å². The second-order valence-corrected chi connectivity index (χ2v) is 14.7. The summed E-state index contributed by atoms with van der Waals surface area (Å²) < 4.78 is 2.54. The summed E-state index contributed by atoms with van der Waals surface area (Å²) >= 11 is 0. The Morgan fingerprint density at radius 1 is 0.673 bits per heavy atom. The first-order valence-corrected chi connectivity index (χ1v) is 18.8. The van der Waals surface area contributed by atoms with Crippen LogP contribution in [-0.4, -0.2) is 17.2 Å². The van der Waals surface area contributed by atoms with Crippen molar-refractivity contribution in [1.29, 1.82) is 0 Å². The number of hydrogen-bond acceptors (Lipinski definition) is 1. The van der Waals surface area contributed by atoms with Gasteiger partial charge in [-0.25, -0.2) is 0 Å². The van der Waals surface area contributed by atoms with Gasteiger partial charge in [0.1, 0.15) is 0 Å². The van der Waals surface area contributed by atoms with Gasteiger partial charge >= 0.3 is 0 Å². The standard InChI is InChI=1S/C50H44N2/c1-34-28-45(39-25-26-48-44(33-39)35(2)16-14-15-27-51(48)47-23-12-10-17-36(47)3)50-46(29-34)43-22-11-13-24-49(43)52(50)42-31-40(37-18-6-4-7-19-37)30-41(32-42)38-20-8-5-9-21-38/h4-14,16-26,28,30-34,36,47H,2,15,27,29H2,1,3H3/b16-14-. The number of rotatable bonds is 5. The predicted molar refractivity (Wildman–Crippen MR) is 222 cm³/mol. The highest BCUT2D eigenvalue weighted by molar-refractivity contribution is 5.97. The average Bonchev–Trinajstić information content (AvgIpc) is 3.52. The van der Waals surface area contributed by atoms with Crippen molar-refractivity contribution in [2.75, 3.05) is 11.4 Å². The van der Waals surface area contributed by atoms with Crippen LogP contribution in [0.1, 0.15) is 42.7 Å². The van der Waals surface area contributed by atoms with Crippen molar-refractivity contribution in [3.63, 3.8) is 0 Å². The highest BCUT2D eigenvalue weighted by Gasteiger charge is 2.30. The summed E-state index contributed by atoms with van der Waals surface area (Å²) in [6.45, 7) is 10.3. The van der Waals surface area contributed by atoms with Crippen LogP contribution < -0.4 is 4.90 Å². The van der Waals surface area contributed by atoms with Gasteiger partial charge in [0.2, 0.25) is 0 Å². The number of para-hydroxylation sites is 1. The zero-order valence-corrected chi connectivity index (χ0v) is 30.0. The summed E-state index contributed by atoms with van der Waals surface area (Å²) in [5.74, 6) is 0.834. The Morgan fingerprint density at radius 3 is 2.10 bits per heavy atom. The van der Waals surface area contributed by atoms with Gasteiger partial charge in [-0.3, -0.25) is 0 Å². The lowest BCUT2D eigenvalue weighted by Gasteiger charge is -2.38. The van der Waals surface area contributed by atoms with E-state index in [9.17, 15) is 0 Å². The molecule has 1 aromatic heterocycles. The molecule has 1 aliphatic heterocycles. The predicted octanol–water partition coefficient (Wildman–Crippen LogP) is 12.5. The first-order valence-electron chi connectivity index (χ1n) is 18.8. The SMILES string of the molecule is C=C1/C=C\CCN(C2C=CC=CC2C)c2ccc(C3=CC(C)Cc4c3n(-c3cc(-c5ccccc5)cc(-c5ccccc5)c3)c3ccccc43)cc21. The Kier molecular flexibility index (Phi) is 8.24. The number of hydrogen-bond donors (Lipinski definition) is 0. The van der Waals surface area contributed by atoms with Gasteiger partial charge < -0.3 is 9.47 Å². The Labute approximate surface area is 308 Å². The minimum atomic E-state index is 0.313. The summed E-state index contributed by atoms with van der Waals surface area (Å²) in [6.07, 6.45) is 18.1. The molecule has 0 spiro atoms. The van der Waals surface area contributed by atoms with E-state index in [1.807, 2.05) is 0 Å². The minimum absolute atomic E-state index is 0.313. The second kappa shape index (κ2) is 13.4. The van der Waals surface area contributed by atoms with Crippen LogP contribution in [0.5, 0.6) is 0 Å². The fraction of sp³-hybridized carbons (Fsp3) is 0.160. The Hall–Kier alpha value is -5.86. The van der Waals surface area contributed by atoms with Crippen molar-refractivity contribution in [1.82, 2.24) is 4.57 Å². The lowest BCUT2D eigenvalue weighted by molar-refractivity contribution is 0.562. The quantitative estimate of drug-likeness (QED) is 0.177. The van der Waals surface area contributed by atoms with Crippen molar-refractivity contribution in [3.8, 4) is 27.9 Å². The smallest absolute Gasteiger partial charge is 0.0576 e. The first kappa shape index (κ1) is 32.1. The number of aromatic nitrogens is 1. The molecule has 0 amide bonds. The zero-order chi connectivity index (χ0) is 35.2. The van der Waals surface area contributed by atoms with Gasteiger partial charge in [-0.15, -0.1) is 0 Å². The molecule has 3 atom stereocenters. The van der Waals surface area contributed by atoms with E-state index in [0.29, 0.717) is 17.9 Å². The van der Waals surface area contributed by atoms with Gasteiger partial charge in [-0.2, -0.15) is 0 Å². The molecular formula is C50H44N2. The van der Waals surface area contributed by atoms with Crippen molar-refractivity contribution in [2.45, 2.75) is 32.7 Å². The van der Waals surface area contributed by atoms with Crippen LogP contribution in [0.25, 0.3) is 50.0 Å². The minimum Gasteiger partial charge on any atom is -0.364 e. The molecule has 0 radical (unpaired) electrons. The average molecular weight is 673 g/mol. The van der Waals surface area contributed by atoms with E-state index in [4.69, 9.17) is 0 Å². The summed E-state index contributed by atoms with van der Waals surface area (Å²) in [6, 6.07) is 45.1. The third kappa shape index (κ3) is 5.69. The first-order chi connectivity index (χ1) is 25.5. The van der Waals surface area contributed by atoms with Gasteiger partial charge in [-0.05, 0) is 100 Å². The maximum Gasteiger partial charge on any atom is 0.0576 e. The maximum atomic E-state index is 4.61. The molecule has 5 aromatic carbocycles. The van der Waals surface area contributed by atoms with Crippen LogP contribution in [-0.2, 0) is 6.42 Å². The summed E-state index contributed by atoms with van der Waals surface area (Å²) in [5.41, 5.74) is 16.1. The lowest BCUT2D eigenvalue weighted by atomic mass is 9.84. The zero-order valence-electron chi connectivity index (χ0n) is 30.0. The number of fused-ring (bicyclic) bond motifs is 4. The van der Waals surface area contributed by atoms with E-state index in [0.717, 1.165) is 25.0 Å². The van der Waals surface area contributed by atoms with E-state index in [-0.39, 0.29) is 0 Å². The van der Waals surface area contributed by atoms with E-state index >= 15 is 0 Å².